The number of carbonyl (C=O) groups is 1. The lowest BCUT2D eigenvalue weighted by molar-refractivity contribution is -0.122. The molecule has 0 aromatic rings. The van der Waals surface area contributed by atoms with Crippen LogP contribution in [0.2, 0.25) is 0 Å². The summed E-state index contributed by atoms with van der Waals surface area (Å²) in [6.07, 6.45) is 11.9. The molecule has 0 aromatic carbocycles. The maximum atomic E-state index is 11.9. The fourth-order valence-electron chi connectivity index (χ4n) is 3.33. The van der Waals surface area contributed by atoms with E-state index in [1.165, 1.54) is 32.1 Å². The lowest BCUT2D eigenvalue weighted by atomic mass is 9.86. The summed E-state index contributed by atoms with van der Waals surface area (Å²) in [6, 6.07) is 0.312. The minimum atomic E-state index is -0.139. The Balaban J connectivity index is 1.59. The molecule has 2 aliphatic rings. The molecule has 2 rings (SSSR count). The van der Waals surface area contributed by atoms with Crippen LogP contribution in [-0.2, 0) is 4.79 Å². The van der Waals surface area contributed by atoms with Crippen LogP contribution in [0, 0.1) is 5.92 Å². The van der Waals surface area contributed by atoms with E-state index in [2.05, 4.69) is 5.32 Å². The van der Waals surface area contributed by atoms with Gasteiger partial charge >= 0.3 is 0 Å². The summed E-state index contributed by atoms with van der Waals surface area (Å²) in [5.74, 6) is 1.01. The van der Waals surface area contributed by atoms with Gasteiger partial charge < -0.3 is 10.4 Å². The molecule has 2 aliphatic carbocycles. The van der Waals surface area contributed by atoms with Crippen LogP contribution in [0.1, 0.15) is 70.6 Å². The number of nitrogens with one attached hydrogen (secondary N) is 1. The monoisotopic (exact) mass is 253 g/mol. The third kappa shape index (κ3) is 4.60. The molecule has 0 unspecified atom stereocenters. The van der Waals surface area contributed by atoms with Crippen LogP contribution in [0.3, 0.4) is 0 Å². The number of aliphatic hydroxyl groups excluding tert-OH is 1. The number of hydrogen-bond acceptors (Lipinski definition) is 2. The Hall–Kier alpha value is -0.570. The van der Waals surface area contributed by atoms with Crippen molar-refractivity contribution in [2.24, 2.45) is 5.92 Å². The molecule has 18 heavy (non-hydrogen) atoms. The molecule has 0 atom stereocenters. The molecule has 3 heteroatoms. The van der Waals surface area contributed by atoms with Gasteiger partial charge in [-0.25, -0.2) is 0 Å². The number of rotatable bonds is 4. The third-order valence-electron chi connectivity index (χ3n) is 4.57. The van der Waals surface area contributed by atoms with Crippen LogP contribution >= 0.6 is 0 Å². The quantitative estimate of drug-likeness (QED) is 0.809. The number of aliphatic hydroxyl groups is 1. The second-order valence-electron chi connectivity index (χ2n) is 6.12. The van der Waals surface area contributed by atoms with Crippen molar-refractivity contribution in [3.63, 3.8) is 0 Å². The van der Waals surface area contributed by atoms with Crippen LogP contribution in [-0.4, -0.2) is 23.2 Å². The van der Waals surface area contributed by atoms with Crippen molar-refractivity contribution < 1.29 is 9.90 Å². The lowest BCUT2D eigenvalue weighted by Crippen LogP contribution is -2.38. The minimum Gasteiger partial charge on any atom is -0.393 e. The zero-order valence-electron chi connectivity index (χ0n) is 11.4. The average molecular weight is 253 g/mol. The van der Waals surface area contributed by atoms with E-state index in [0.29, 0.717) is 12.5 Å². The van der Waals surface area contributed by atoms with Gasteiger partial charge in [0.2, 0.25) is 5.91 Å². The van der Waals surface area contributed by atoms with Crippen molar-refractivity contribution in [1.82, 2.24) is 5.32 Å². The molecule has 0 radical (unpaired) electrons. The first-order valence-electron chi connectivity index (χ1n) is 7.71. The molecule has 0 spiro atoms. The average Bonchev–Trinajstić information content (AvgIpc) is 2.40. The van der Waals surface area contributed by atoms with Crippen molar-refractivity contribution in [2.75, 3.05) is 0 Å². The van der Waals surface area contributed by atoms with Crippen molar-refractivity contribution >= 4 is 5.91 Å². The second kappa shape index (κ2) is 7.13. The van der Waals surface area contributed by atoms with E-state index in [9.17, 15) is 9.90 Å². The first-order chi connectivity index (χ1) is 8.74. The maximum Gasteiger partial charge on any atom is 0.220 e. The predicted octanol–water partition coefficient (Wildman–Crippen LogP) is 2.77. The molecule has 2 saturated carbocycles. The summed E-state index contributed by atoms with van der Waals surface area (Å²) in [6.45, 7) is 0. The van der Waals surface area contributed by atoms with Crippen molar-refractivity contribution in [2.45, 2.75) is 82.8 Å². The van der Waals surface area contributed by atoms with Gasteiger partial charge in [-0.3, -0.25) is 4.79 Å². The van der Waals surface area contributed by atoms with Gasteiger partial charge in [-0.2, -0.15) is 0 Å². The largest absolute Gasteiger partial charge is 0.393 e. The molecule has 0 saturated heterocycles. The normalized spacial score (nSPS) is 30.1. The molecule has 0 heterocycles. The fraction of sp³-hybridized carbons (Fsp3) is 0.933. The van der Waals surface area contributed by atoms with E-state index >= 15 is 0 Å². The van der Waals surface area contributed by atoms with Gasteiger partial charge in [0.25, 0.3) is 0 Å². The van der Waals surface area contributed by atoms with Gasteiger partial charge in [0.15, 0.2) is 0 Å². The first-order valence-corrected chi connectivity index (χ1v) is 7.71. The van der Waals surface area contributed by atoms with Crippen LogP contribution in [0.15, 0.2) is 0 Å². The Labute approximate surface area is 110 Å². The summed E-state index contributed by atoms with van der Waals surface area (Å²) in [5.41, 5.74) is 0. The first kappa shape index (κ1) is 13.9. The summed E-state index contributed by atoms with van der Waals surface area (Å²) < 4.78 is 0. The molecule has 2 N–H and O–H groups in total. The summed E-state index contributed by atoms with van der Waals surface area (Å²) in [7, 11) is 0. The molecular weight excluding hydrogens is 226 g/mol. The fourth-order valence-corrected chi connectivity index (χ4v) is 3.33. The van der Waals surface area contributed by atoms with Gasteiger partial charge in [0.1, 0.15) is 0 Å². The Bertz CT molecular complexity index is 253. The molecule has 1 amide bonds. The highest BCUT2D eigenvalue weighted by molar-refractivity contribution is 5.76. The molecule has 3 nitrogen and oxygen atoms in total. The van der Waals surface area contributed by atoms with Crippen LogP contribution in [0.25, 0.3) is 0 Å². The SMILES string of the molecule is O=C(CCC1CCCCC1)NC1CCC(O)CC1. The number of carbonyl (C=O) groups excluding carboxylic acids is 1. The van der Waals surface area contributed by atoms with Crippen molar-refractivity contribution in [3.05, 3.63) is 0 Å². The van der Waals surface area contributed by atoms with Crippen molar-refractivity contribution in [3.8, 4) is 0 Å². The minimum absolute atomic E-state index is 0.139. The Morgan fingerprint density at radius 1 is 1.00 bits per heavy atom. The smallest absolute Gasteiger partial charge is 0.220 e. The zero-order chi connectivity index (χ0) is 12.8. The van der Waals surface area contributed by atoms with Gasteiger partial charge in [-0.15, -0.1) is 0 Å². The number of hydrogen-bond donors (Lipinski definition) is 2. The van der Waals surface area contributed by atoms with E-state index in [1.54, 1.807) is 0 Å². The maximum absolute atomic E-state index is 11.9. The molecule has 104 valence electrons. The standard InChI is InChI=1S/C15H27NO2/c17-14-9-7-13(8-10-14)16-15(18)11-6-12-4-2-1-3-5-12/h12-14,17H,1-11H2,(H,16,18). The van der Waals surface area contributed by atoms with Gasteiger partial charge in [0.05, 0.1) is 6.10 Å². The Morgan fingerprint density at radius 3 is 2.33 bits per heavy atom. The van der Waals surface area contributed by atoms with Crippen LogP contribution in [0.4, 0.5) is 0 Å². The zero-order valence-corrected chi connectivity index (χ0v) is 11.4. The highest BCUT2D eigenvalue weighted by atomic mass is 16.3. The second-order valence-corrected chi connectivity index (χ2v) is 6.12. The Kier molecular flexibility index (Phi) is 5.48. The van der Waals surface area contributed by atoms with Crippen LogP contribution < -0.4 is 5.32 Å². The lowest BCUT2D eigenvalue weighted by Gasteiger charge is -2.26. The highest BCUT2D eigenvalue weighted by Crippen LogP contribution is 2.27. The topological polar surface area (TPSA) is 49.3 Å². The summed E-state index contributed by atoms with van der Waals surface area (Å²) in [5, 5.41) is 12.6. The highest BCUT2D eigenvalue weighted by Gasteiger charge is 2.21. The van der Waals surface area contributed by atoms with Crippen molar-refractivity contribution in [1.29, 1.82) is 0 Å². The molecule has 2 fully saturated rings. The van der Waals surface area contributed by atoms with E-state index in [1.807, 2.05) is 0 Å². The third-order valence-corrected chi connectivity index (χ3v) is 4.57. The van der Waals surface area contributed by atoms with Gasteiger partial charge in [0, 0.05) is 12.5 Å². The van der Waals surface area contributed by atoms with E-state index in [0.717, 1.165) is 38.0 Å². The predicted molar refractivity (Wildman–Crippen MR) is 72.2 cm³/mol. The van der Waals surface area contributed by atoms with Gasteiger partial charge in [-0.05, 0) is 38.0 Å². The van der Waals surface area contributed by atoms with E-state index < -0.39 is 0 Å². The molecule has 0 bridgehead atoms. The van der Waals surface area contributed by atoms with E-state index in [4.69, 9.17) is 0 Å². The number of amides is 1. The molecule has 0 aromatic heterocycles. The van der Waals surface area contributed by atoms with Gasteiger partial charge in [-0.1, -0.05) is 32.1 Å². The Morgan fingerprint density at radius 2 is 1.67 bits per heavy atom. The van der Waals surface area contributed by atoms with E-state index in [-0.39, 0.29) is 12.0 Å². The summed E-state index contributed by atoms with van der Waals surface area (Å²) >= 11 is 0. The molecular formula is C15H27NO2. The molecule has 0 aliphatic heterocycles. The summed E-state index contributed by atoms with van der Waals surface area (Å²) in [4.78, 5) is 11.9. The van der Waals surface area contributed by atoms with Crippen LogP contribution in [0.5, 0.6) is 0 Å².